The van der Waals surface area contributed by atoms with Crippen molar-refractivity contribution in [2.75, 3.05) is 39.9 Å². The van der Waals surface area contributed by atoms with Gasteiger partial charge in [0.1, 0.15) is 11.3 Å². The molecule has 0 radical (unpaired) electrons. The summed E-state index contributed by atoms with van der Waals surface area (Å²) in [6.07, 6.45) is 0. The molecule has 8 nitrogen and oxygen atoms in total. The average Bonchev–Trinajstić information content (AvgIpc) is 3.03. The van der Waals surface area contributed by atoms with Gasteiger partial charge in [-0.25, -0.2) is 4.79 Å². The molecule has 1 aromatic heterocycles. The van der Waals surface area contributed by atoms with E-state index in [1.165, 1.54) is 11.9 Å². The summed E-state index contributed by atoms with van der Waals surface area (Å²) in [5.74, 6) is -0.628. The van der Waals surface area contributed by atoms with Crippen LogP contribution in [0.5, 0.6) is 5.75 Å². The van der Waals surface area contributed by atoms with Crippen LogP contribution in [0.3, 0.4) is 0 Å². The lowest BCUT2D eigenvalue weighted by Gasteiger charge is -2.23. The number of aryl methyl sites for hydroxylation is 1. The van der Waals surface area contributed by atoms with Gasteiger partial charge in [0.2, 0.25) is 11.7 Å². The van der Waals surface area contributed by atoms with Crippen LogP contribution in [0.1, 0.15) is 36.9 Å². The predicted molar refractivity (Wildman–Crippen MR) is 108 cm³/mol. The molecule has 2 rings (SSSR count). The van der Waals surface area contributed by atoms with Gasteiger partial charge in [-0.15, -0.1) is 0 Å². The van der Waals surface area contributed by atoms with Crippen molar-refractivity contribution in [3.8, 4) is 5.75 Å². The number of ether oxygens (including phenoxy) is 2. The standard InChI is InChI=1S/C21H28N2O6/c1-6-23(7-2)18(24)12-22(5)19(25)13-28-21(26)20-14(4)16-11-15(27-8-3)9-10-17(16)29-20/h9-11H,6-8,12-13H2,1-5H3. The highest BCUT2D eigenvalue weighted by atomic mass is 16.5. The molecule has 29 heavy (non-hydrogen) atoms. The lowest BCUT2D eigenvalue weighted by atomic mass is 10.1. The van der Waals surface area contributed by atoms with E-state index < -0.39 is 18.5 Å². The Kier molecular flexibility index (Phi) is 7.64. The van der Waals surface area contributed by atoms with E-state index in [9.17, 15) is 14.4 Å². The summed E-state index contributed by atoms with van der Waals surface area (Å²) < 4.78 is 16.2. The van der Waals surface area contributed by atoms with Gasteiger partial charge >= 0.3 is 5.97 Å². The van der Waals surface area contributed by atoms with Gasteiger partial charge in [-0.3, -0.25) is 9.59 Å². The Morgan fingerprint density at radius 3 is 2.38 bits per heavy atom. The average molecular weight is 404 g/mol. The van der Waals surface area contributed by atoms with Crippen molar-refractivity contribution in [3.05, 3.63) is 29.5 Å². The van der Waals surface area contributed by atoms with E-state index in [1.54, 1.807) is 30.0 Å². The van der Waals surface area contributed by atoms with Crippen LogP contribution < -0.4 is 4.74 Å². The number of rotatable bonds is 9. The number of fused-ring (bicyclic) bond motifs is 1. The maximum absolute atomic E-state index is 12.4. The molecular weight excluding hydrogens is 376 g/mol. The number of esters is 1. The summed E-state index contributed by atoms with van der Waals surface area (Å²) in [4.78, 5) is 39.6. The summed E-state index contributed by atoms with van der Waals surface area (Å²) in [6, 6.07) is 5.28. The normalized spacial score (nSPS) is 10.7. The van der Waals surface area contributed by atoms with Crippen LogP contribution in [0.2, 0.25) is 0 Å². The number of benzene rings is 1. The Morgan fingerprint density at radius 1 is 1.07 bits per heavy atom. The largest absolute Gasteiger partial charge is 0.494 e. The van der Waals surface area contributed by atoms with Crippen molar-refractivity contribution >= 4 is 28.8 Å². The number of nitrogens with zero attached hydrogens (tertiary/aromatic N) is 2. The first-order valence-corrected chi connectivity index (χ1v) is 9.67. The Balaban J connectivity index is 2.00. The first-order valence-electron chi connectivity index (χ1n) is 9.67. The van der Waals surface area contributed by atoms with E-state index in [0.717, 1.165) is 5.39 Å². The molecule has 0 aliphatic heterocycles. The summed E-state index contributed by atoms with van der Waals surface area (Å²) in [5, 5.41) is 0.746. The topological polar surface area (TPSA) is 89.3 Å². The first kappa shape index (κ1) is 22.3. The van der Waals surface area contributed by atoms with Gasteiger partial charge in [-0.2, -0.15) is 0 Å². The van der Waals surface area contributed by atoms with E-state index in [-0.39, 0.29) is 18.2 Å². The number of carbonyl (C=O) groups is 3. The zero-order valence-electron chi connectivity index (χ0n) is 17.6. The number of furan rings is 1. The highest BCUT2D eigenvalue weighted by Gasteiger charge is 2.22. The summed E-state index contributed by atoms with van der Waals surface area (Å²) >= 11 is 0. The maximum atomic E-state index is 12.4. The van der Waals surface area contributed by atoms with Crippen LogP contribution in [0.4, 0.5) is 0 Å². The Labute approximate surface area is 170 Å². The minimum Gasteiger partial charge on any atom is -0.494 e. The lowest BCUT2D eigenvalue weighted by molar-refractivity contribution is -0.140. The van der Waals surface area contributed by atoms with E-state index in [4.69, 9.17) is 13.9 Å². The number of hydrogen-bond acceptors (Lipinski definition) is 6. The molecule has 0 atom stereocenters. The molecule has 0 aliphatic carbocycles. The van der Waals surface area contributed by atoms with E-state index in [0.29, 0.717) is 36.6 Å². The monoisotopic (exact) mass is 404 g/mol. The minimum atomic E-state index is -0.728. The number of likely N-dealkylation sites (N-methyl/N-ethyl adjacent to an activating group) is 2. The molecule has 1 heterocycles. The molecule has 0 saturated carbocycles. The predicted octanol–water partition coefficient (Wildman–Crippen LogP) is 2.62. The van der Waals surface area contributed by atoms with E-state index >= 15 is 0 Å². The number of carbonyl (C=O) groups excluding carboxylic acids is 3. The van der Waals surface area contributed by atoms with Crippen LogP contribution in [-0.2, 0) is 14.3 Å². The summed E-state index contributed by atoms with van der Waals surface area (Å²) in [7, 11) is 1.50. The van der Waals surface area contributed by atoms with Crippen LogP contribution in [-0.4, -0.2) is 67.5 Å². The van der Waals surface area contributed by atoms with E-state index in [1.807, 2.05) is 20.8 Å². The Bertz CT molecular complexity index is 885. The van der Waals surface area contributed by atoms with Crippen molar-refractivity contribution in [1.82, 2.24) is 9.80 Å². The zero-order valence-corrected chi connectivity index (χ0v) is 17.6. The molecule has 2 amide bonds. The minimum absolute atomic E-state index is 0.0447. The van der Waals surface area contributed by atoms with Crippen molar-refractivity contribution in [1.29, 1.82) is 0 Å². The van der Waals surface area contributed by atoms with Crippen LogP contribution in [0, 0.1) is 6.92 Å². The van der Waals surface area contributed by atoms with E-state index in [2.05, 4.69) is 0 Å². The highest BCUT2D eigenvalue weighted by molar-refractivity contribution is 5.97. The number of amides is 2. The smallest absolute Gasteiger partial charge is 0.375 e. The number of hydrogen-bond donors (Lipinski definition) is 0. The summed E-state index contributed by atoms with van der Waals surface area (Å²) in [6.45, 7) is 8.52. The maximum Gasteiger partial charge on any atom is 0.375 e. The van der Waals surface area contributed by atoms with Crippen molar-refractivity contribution in [3.63, 3.8) is 0 Å². The van der Waals surface area contributed by atoms with Crippen molar-refractivity contribution in [2.24, 2.45) is 0 Å². The van der Waals surface area contributed by atoms with Gasteiger partial charge in [-0.05, 0) is 45.9 Å². The molecule has 0 bridgehead atoms. The Morgan fingerprint density at radius 2 is 1.76 bits per heavy atom. The fourth-order valence-electron chi connectivity index (χ4n) is 2.92. The fraction of sp³-hybridized carbons (Fsp3) is 0.476. The molecule has 0 N–H and O–H groups in total. The van der Waals surface area contributed by atoms with Gasteiger partial charge < -0.3 is 23.7 Å². The van der Waals surface area contributed by atoms with Gasteiger partial charge in [0.25, 0.3) is 5.91 Å². The fourth-order valence-corrected chi connectivity index (χ4v) is 2.92. The van der Waals surface area contributed by atoms with Crippen molar-refractivity contribution in [2.45, 2.75) is 27.7 Å². The SMILES string of the molecule is CCOc1ccc2oc(C(=O)OCC(=O)N(C)CC(=O)N(CC)CC)c(C)c2c1. The molecule has 0 aliphatic rings. The molecule has 8 heteroatoms. The van der Waals surface area contributed by atoms with Crippen LogP contribution in [0.25, 0.3) is 11.0 Å². The second-order valence-corrected chi connectivity index (χ2v) is 6.54. The van der Waals surface area contributed by atoms with Crippen LogP contribution >= 0.6 is 0 Å². The molecule has 0 saturated heterocycles. The zero-order chi connectivity index (χ0) is 21.6. The highest BCUT2D eigenvalue weighted by Crippen LogP contribution is 2.29. The molecule has 0 fully saturated rings. The third-order valence-corrected chi connectivity index (χ3v) is 4.65. The van der Waals surface area contributed by atoms with Gasteiger partial charge in [0.15, 0.2) is 6.61 Å². The quantitative estimate of drug-likeness (QED) is 0.597. The van der Waals surface area contributed by atoms with Gasteiger partial charge in [0, 0.05) is 31.1 Å². The van der Waals surface area contributed by atoms with Crippen molar-refractivity contribution < 1.29 is 28.3 Å². The molecule has 0 unspecified atom stereocenters. The van der Waals surface area contributed by atoms with Crippen LogP contribution in [0.15, 0.2) is 22.6 Å². The molecule has 1 aromatic carbocycles. The second kappa shape index (κ2) is 9.95. The molecular formula is C21H28N2O6. The molecule has 158 valence electrons. The van der Waals surface area contributed by atoms with Gasteiger partial charge in [-0.1, -0.05) is 0 Å². The lowest BCUT2D eigenvalue weighted by Crippen LogP contribution is -2.42. The third kappa shape index (κ3) is 5.28. The second-order valence-electron chi connectivity index (χ2n) is 6.54. The molecule has 2 aromatic rings. The van der Waals surface area contributed by atoms with Gasteiger partial charge in [0.05, 0.1) is 13.2 Å². The summed E-state index contributed by atoms with van der Waals surface area (Å²) in [5.41, 5.74) is 1.15. The first-order chi connectivity index (χ1) is 13.8. The Hall–Kier alpha value is -3.03. The molecule has 0 spiro atoms. The third-order valence-electron chi connectivity index (χ3n) is 4.65.